The molecule has 2 aliphatic rings. The summed E-state index contributed by atoms with van der Waals surface area (Å²) in [6, 6.07) is 43.1. The highest BCUT2D eigenvalue weighted by Crippen LogP contribution is 2.58. The quantitative estimate of drug-likeness (QED) is 0.210. The summed E-state index contributed by atoms with van der Waals surface area (Å²) >= 11 is 0. The van der Waals surface area contributed by atoms with Gasteiger partial charge in [-0.3, -0.25) is 0 Å². The molecule has 0 spiro atoms. The van der Waals surface area contributed by atoms with Crippen LogP contribution in [0.4, 0.5) is 17.1 Å². The lowest BCUT2D eigenvalue weighted by Crippen LogP contribution is -2.18. The molecule has 6 aromatic carbocycles. The van der Waals surface area contributed by atoms with E-state index in [1.54, 1.807) is 0 Å². The molecule has 0 unspecified atom stereocenters. The monoisotopic (exact) mass is 555 g/mol. The van der Waals surface area contributed by atoms with Crippen LogP contribution in [0.15, 0.2) is 115 Å². The summed E-state index contributed by atoms with van der Waals surface area (Å²) in [5.74, 6) is 0. The second-order valence-electron chi connectivity index (χ2n) is 13.5. The number of nitrogens with zero attached hydrogens (tertiary/aromatic N) is 1. The summed E-state index contributed by atoms with van der Waals surface area (Å²) in [5, 5.41) is 2.60. The van der Waals surface area contributed by atoms with Crippen LogP contribution in [-0.2, 0) is 10.8 Å². The van der Waals surface area contributed by atoms with Crippen LogP contribution < -0.4 is 4.90 Å². The highest BCUT2D eigenvalue weighted by atomic mass is 15.1. The van der Waals surface area contributed by atoms with Gasteiger partial charge in [0.05, 0.1) is 5.69 Å². The molecule has 0 fully saturated rings. The third-order valence-corrected chi connectivity index (χ3v) is 10.3. The van der Waals surface area contributed by atoms with Gasteiger partial charge in [0.15, 0.2) is 0 Å². The van der Waals surface area contributed by atoms with E-state index >= 15 is 0 Å². The van der Waals surface area contributed by atoms with Crippen LogP contribution in [0.5, 0.6) is 0 Å². The summed E-state index contributed by atoms with van der Waals surface area (Å²) in [7, 11) is 0. The normalized spacial score (nSPS) is 15.1. The van der Waals surface area contributed by atoms with E-state index in [0.717, 1.165) is 0 Å². The Morgan fingerprint density at radius 3 is 1.60 bits per heavy atom. The Balaban J connectivity index is 1.45. The van der Waals surface area contributed by atoms with Crippen molar-refractivity contribution in [1.82, 2.24) is 0 Å². The van der Waals surface area contributed by atoms with Crippen LogP contribution in [0.25, 0.3) is 33.0 Å². The van der Waals surface area contributed by atoms with Gasteiger partial charge in [-0.15, -0.1) is 0 Å². The zero-order chi connectivity index (χ0) is 29.7. The average molecular weight is 556 g/mol. The van der Waals surface area contributed by atoms with E-state index in [9.17, 15) is 0 Å². The van der Waals surface area contributed by atoms with Gasteiger partial charge < -0.3 is 4.90 Å². The lowest BCUT2D eigenvalue weighted by molar-refractivity contribution is 0.652. The zero-order valence-electron chi connectivity index (χ0n) is 25.9. The number of hydrogen-bond acceptors (Lipinski definition) is 1. The Labute approximate surface area is 255 Å². The Morgan fingerprint density at radius 1 is 0.419 bits per heavy atom. The van der Waals surface area contributed by atoms with E-state index < -0.39 is 0 Å². The third-order valence-electron chi connectivity index (χ3n) is 10.3. The molecule has 43 heavy (non-hydrogen) atoms. The molecule has 1 heteroatoms. The van der Waals surface area contributed by atoms with Crippen molar-refractivity contribution in [2.24, 2.45) is 0 Å². The van der Waals surface area contributed by atoms with Gasteiger partial charge in [-0.25, -0.2) is 0 Å². The molecule has 0 N–H and O–H groups in total. The van der Waals surface area contributed by atoms with Gasteiger partial charge in [0, 0.05) is 27.6 Å². The van der Waals surface area contributed by atoms with Crippen LogP contribution >= 0.6 is 0 Å². The SMILES string of the molecule is Cc1ccccc1N(c1ccccc1C)c1cc2c(c3ccccc13)-c1cc3c(cc1C2(C)C)-c1ccccc1C3(C)C. The van der Waals surface area contributed by atoms with Crippen LogP contribution in [0.3, 0.4) is 0 Å². The molecule has 2 aliphatic carbocycles. The van der Waals surface area contributed by atoms with Gasteiger partial charge in [0.25, 0.3) is 0 Å². The van der Waals surface area contributed by atoms with E-state index in [1.165, 1.54) is 83.5 Å². The first-order chi connectivity index (χ1) is 20.7. The zero-order valence-corrected chi connectivity index (χ0v) is 25.9. The fourth-order valence-electron chi connectivity index (χ4n) is 7.96. The number of benzene rings is 6. The number of aryl methyl sites for hydroxylation is 2. The number of fused-ring (bicyclic) bond motifs is 8. The van der Waals surface area contributed by atoms with Crippen LogP contribution in [0, 0.1) is 13.8 Å². The smallest absolute Gasteiger partial charge is 0.0543 e. The number of anilines is 3. The van der Waals surface area contributed by atoms with Gasteiger partial charge >= 0.3 is 0 Å². The molecule has 1 nitrogen and oxygen atoms in total. The molecular formula is C42H37N. The molecule has 0 aliphatic heterocycles. The summed E-state index contributed by atoms with van der Waals surface area (Å²) < 4.78 is 0. The lowest BCUT2D eigenvalue weighted by atomic mass is 9.79. The maximum Gasteiger partial charge on any atom is 0.0543 e. The molecule has 0 saturated carbocycles. The second kappa shape index (κ2) is 8.94. The van der Waals surface area contributed by atoms with Crippen molar-refractivity contribution >= 4 is 27.8 Å². The maximum absolute atomic E-state index is 2.53. The van der Waals surface area contributed by atoms with Crippen molar-refractivity contribution in [3.8, 4) is 22.3 Å². The highest BCUT2D eigenvalue weighted by Gasteiger charge is 2.42. The molecule has 0 atom stereocenters. The minimum Gasteiger partial charge on any atom is -0.309 e. The standard InChI is InChI=1S/C42H37N/c1-26-15-7-13-21-37(26)43(38-22-14-8-16-27(38)2)39-25-36-40(30-19-10-9-18-29(30)39)32-24-34-31(23-35(32)42(36,5)6)28-17-11-12-20-33(28)41(34,3)4/h7-25H,1-6H3. The fraction of sp³-hybridized carbons (Fsp3) is 0.190. The first kappa shape index (κ1) is 26.0. The van der Waals surface area contributed by atoms with E-state index in [1.807, 2.05) is 0 Å². The molecule has 210 valence electrons. The van der Waals surface area contributed by atoms with Gasteiger partial charge in [-0.1, -0.05) is 113 Å². The van der Waals surface area contributed by atoms with Crippen LogP contribution in [-0.4, -0.2) is 0 Å². The van der Waals surface area contributed by atoms with Crippen molar-refractivity contribution in [2.45, 2.75) is 52.4 Å². The van der Waals surface area contributed by atoms with Gasteiger partial charge in [0.1, 0.15) is 0 Å². The van der Waals surface area contributed by atoms with Crippen LogP contribution in [0.1, 0.15) is 61.1 Å². The second-order valence-corrected chi connectivity index (χ2v) is 13.5. The summed E-state index contributed by atoms with van der Waals surface area (Å²) in [6.07, 6.45) is 0. The molecule has 0 radical (unpaired) electrons. The van der Waals surface area contributed by atoms with E-state index in [-0.39, 0.29) is 10.8 Å². The Hall–Kier alpha value is -4.62. The predicted molar refractivity (Wildman–Crippen MR) is 183 cm³/mol. The van der Waals surface area contributed by atoms with E-state index in [0.29, 0.717) is 0 Å². The first-order valence-electron chi connectivity index (χ1n) is 15.5. The minimum atomic E-state index is -0.150. The predicted octanol–water partition coefficient (Wildman–Crippen LogP) is 11.5. The van der Waals surface area contributed by atoms with Crippen LogP contribution in [0.2, 0.25) is 0 Å². The molecular weight excluding hydrogens is 518 g/mol. The number of hydrogen-bond donors (Lipinski definition) is 0. The van der Waals surface area contributed by atoms with Crippen molar-refractivity contribution in [1.29, 1.82) is 0 Å². The van der Waals surface area contributed by atoms with Gasteiger partial charge in [-0.05, 0) is 105 Å². The van der Waals surface area contributed by atoms with Crippen molar-refractivity contribution in [3.63, 3.8) is 0 Å². The molecule has 0 bridgehead atoms. The first-order valence-corrected chi connectivity index (χ1v) is 15.5. The fourth-order valence-corrected chi connectivity index (χ4v) is 7.96. The Kier molecular flexibility index (Phi) is 5.42. The van der Waals surface area contributed by atoms with E-state index in [4.69, 9.17) is 0 Å². The van der Waals surface area contributed by atoms with Gasteiger partial charge in [-0.2, -0.15) is 0 Å². The Bertz CT molecular complexity index is 2060. The molecule has 0 aromatic heterocycles. The maximum atomic E-state index is 2.53. The van der Waals surface area contributed by atoms with Crippen molar-refractivity contribution in [2.75, 3.05) is 4.90 Å². The topological polar surface area (TPSA) is 3.24 Å². The third kappa shape index (κ3) is 3.51. The highest BCUT2D eigenvalue weighted by molar-refractivity contribution is 6.10. The lowest BCUT2D eigenvalue weighted by Gasteiger charge is -2.31. The summed E-state index contributed by atoms with van der Waals surface area (Å²) in [6.45, 7) is 14.0. The van der Waals surface area contributed by atoms with Crippen molar-refractivity contribution < 1.29 is 0 Å². The largest absolute Gasteiger partial charge is 0.309 e. The molecule has 6 aromatic rings. The summed E-state index contributed by atoms with van der Waals surface area (Å²) in [5.41, 5.74) is 17.3. The van der Waals surface area contributed by atoms with Gasteiger partial charge in [0.2, 0.25) is 0 Å². The number of rotatable bonds is 3. The molecule has 0 heterocycles. The van der Waals surface area contributed by atoms with E-state index in [2.05, 4.69) is 162 Å². The minimum absolute atomic E-state index is 0.0317. The summed E-state index contributed by atoms with van der Waals surface area (Å²) in [4.78, 5) is 2.49. The molecule has 0 saturated heterocycles. The molecule has 8 rings (SSSR count). The number of para-hydroxylation sites is 2. The van der Waals surface area contributed by atoms with Crippen molar-refractivity contribution in [3.05, 3.63) is 149 Å². The Morgan fingerprint density at radius 2 is 0.930 bits per heavy atom. The molecule has 0 amide bonds. The average Bonchev–Trinajstić information content (AvgIpc) is 3.37.